The van der Waals surface area contributed by atoms with Crippen LogP contribution in [0, 0.1) is 19.7 Å². The fraction of sp³-hybridized carbons (Fsp3) is 0.250. The Morgan fingerprint density at radius 2 is 1.88 bits per heavy atom. The minimum absolute atomic E-state index is 0.149. The zero-order valence-electron chi connectivity index (χ0n) is 18.3. The molecule has 0 atom stereocenters. The molecule has 0 bridgehead atoms. The van der Waals surface area contributed by atoms with Crippen LogP contribution in [-0.2, 0) is 11.3 Å². The summed E-state index contributed by atoms with van der Waals surface area (Å²) in [5, 5.41) is 3.24. The summed E-state index contributed by atoms with van der Waals surface area (Å²) in [4.78, 5) is 26.1. The Hall–Kier alpha value is -3.39. The number of esters is 1. The highest BCUT2D eigenvalue weighted by Gasteiger charge is 2.23. The van der Waals surface area contributed by atoms with Crippen LogP contribution in [0.5, 0.6) is 11.5 Å². The second-order valence-electron chi connectivity index (χ2n) is 6.95. The number of methoxy groups -OCH3 is 1. The molecule has 32 heavy (non-hydrogen) atoms. The van der Waals surface area contributed by atoms with Gasteiger partial charge in [0.15, 0.2) is 11.5 Å². The molecule has 168 valence electrons. The van der Waals surface area contributed by atoms with Gasteiger partial charge in [0.2, 0.25) is 0 Å². The Morgan fingerprint density at radius 3 is 2.56 bits per heavy atom. The molecule has 1 aromatic heterocycles. The molecule has 1 N–H and O–H groups in total. The van der Waals surface area contributed by atoms with E-state index in [4.69, 9.17) is 14.2 Å². The smallest absolute Gasteiger partial charge is 0.341 e. The number of anilines is 1. The van der Waals surface area contributed by atoms with Gasteiger partial charge in [0.1, 0.15) is 17.4 Å². The van der Waals surface area contributed by atoms with Gasteiger partial charge in [0, 0.05) is 10.4 Å². The molecule has 0 radical (unpaired) electrons. The molecular formula is C24H24FNO5S. The van der Waals surface area contributed by atoms with E-state index in [1.165, 1.54) is 30.6 Å². The largest absolute Gasteiger partial charge is 0.493 e. The van der Waals surface area contributed by atoms with Crippen LogP contribution in [0.15, 0.2) is 42.5 Å². The van der Waals surface area contributed by atoms with E-state index in [1.807, 2.05) is 13.8 Å². The molecule has 0 saturated heterocycles. The van der Waals surface area contributed by atoms with Crippen molar-refractivity contribution in [1.29, 1.82) is 0 Å². The molecule has 0 aliphatic rings. The monoisotopic (exact) mass is 457 g/mol. The SMILES string of the molecule is CCOC(=O)c1c(NC(=O)c2ccc(OCc3cccc(F)c3)c(OC)c2)sc(C)c1C. The number of carbonyl (C=O) groups excluding carboxylic acids is 2. The molecule has 0 saturated carbocycles. The van der Waals surface area contributed by atoms with Crippen LogP contribution in [0.4, 0.5) is 9.39 Å². The summed E-state index contributed by atoms with van der Waals surface area (Å²) in [6, 6.07) is 10.9. The second kappa shape index (κ2) is 10.3. The van der Waals surface area contributed by atoms with Gasteiger partial charge in [-0.1, -0.05) is 12.1 Å². The van der Waals surface area contributed by atoms with E-state index >= 15 is 0 Å². The predicted molar refractivity (Wildman–Crippen MR) is 121 cm³/mol. The van der Waals surface area contributed by atoms with Crippen LogP contribution in [-0.4, -0.2) is 25.6 Å². The van der Waals surface area contributed by atoms with E-state index in [0.29, 0.717) is 33.2 Å². The summed E-state index contributed by atoms with van der Waals surface area (Å²) >= 11 is 1.32. The normalized spacial score (nSPS) is 10.5. The van der Waals surface area contributed by atoms with E-state index in [1.54, 1.807) is 37.3 Å². The van der Waals surface area contributed by atoms with Crippen molar-refractivity contribution in [2.24, 2.45) is 0 Å². The summed E-state index contributed by atoms with van der Waals surface area (Å²) in [6.45, 7) is 5.83. The molecule has 2 aromatic carbocycles. The standard InChI is InChI=1S/C24H24FNO5S/c1-5-30-24(28)21-14(2)15(3)32-23(21)26-22(27)17-9-10-19(20(12-17)29-4)31-13-16-7-6-8-18(25)11-16/h6-12H,5,13H2,1-4H3,(H,26,27). The molecule has 3 rings (SSSR count). The van der Waals surface area contributed by atoms with Crippen molar-refractivity contribution in [2.75, 3.05) is 19.0 Å². The molecular weight excluding hydrogens is 433 g/mol. The Kier molecular flexibility index (Phi) is 7.48. The van der Waals surface area contributed by atoms with Gasteiger partial charge >= 0.3 is 5.97 Å². The lowest BCUT2D eigenvalue weighted by Crippen LogP contribution is -2.15. The Morgan fingerprint density at radius 1 is 1.09 bits per heavy atom. The molecule has 0 unspecified atom stereocenters. The van der Waals surface area contributed by atoms with Gasteiger partial charge < -0.3 is 19.5 Å². The Labute approximate surface area is 189 Å². The number of hydrogen-bond acceptors (Lipinski definition) is 6. The third-order valence-corrected chi connectivity index (χ3v) is 5.92. The van der Waals surface area contributed by atoms with Gasteiger partial charge in [-0.05, 0) is 62.2 Å². The van der Waals surface area contributed by atoms with Gasteiger partial charge in [-0.15, -0.1) is 11.3 Å². The summed E-state index contributed by atoms with van der Waals surface area (Å²) in [6.07, 6.45) is 0. The minimum Gasteiger partial charge on any atom is -0.493 e. The number of ether oxygens (including phenoxy) is 3. The first kappa shape index (κ1) is 23.3. The van der Waals surface area contributed by atoms with Gasteiger partial charge in [-0.25, -0.2) is 9.18 Å². The molecule has 0 fully saturated rings. The van der Waals surface area contributed by atoms with Crippen molar-refractivity contribution in [1.82, 2.24) is 0 Å². The van der Waals surface area contributed by atoms with Crippen LogP contribution in [0.25, 0.3) is 0 Å². The van der Waals surface area contributed by atoms with Gasteiger partial charge in [-0.3, -0.25) is 4.79 Å². The lowest BCUT2D eigenvalue weighted by Gasteiger charge is -2.13. The average molecular weight is 458 g/mol. The van der Waals surface area contributed by atoms with Crippen molar-refractivity contribution >= 4 is 28.2 Å². The third kappa shape index (κ3) is 5.26. The zero-order valence-corrected chi connectivity index (χ0v) is 19.1. The first-order valence-corrected chi connectivity index (χ1v) is 10.8. The molecule has 0 spiro atoms. The first-order chi connectivity index (χ1) is 15.3. The zero-order chi connectivity index (χ0) is 23.3. The number of amides is 1. The van der Waals surface area contributed by atoms with E-state index in [9.17, 15) is 14.0 Å². The van der Waals surface area contributed by atoms with Gasteiger partial charge in [-0.2, -0.15) is 0 Å². The molecule has 1 amide bonds. The number of rotatable bonds is 8. The Bertz CT molecular complexity index is 1140. The summed E-state index contributed by atoms with van der Waals surface area (Å²) in [7, 11) is 1.47. The maximum atomic E-state index is 13.4. The predicted octanol–water partition coefficient (Wildman–Crippen LogP) is 5.52. The number of benzene rings is 2. The van der Waals surface area contributed by atoms with Crippen molar-refractivity contribution in [2.45, 2.75) is 27.4 Å². The number of halogens is 1. The van der Waals surface area contributed by atoms with Crippen molar-refractivity contribution in [3.05, 3.63) is 75.4 Å². The fourth-order valence-corrected chi connectivity index (χ4v) is 4.10. The lowest BCUT2D eigenvalue weighted by molar-refractivity contribution is 0.0527. The molecule has 8 heteroatoms. The summed E-state index contributed by atoms with van der Waals surface area (Å²) < 4.78 is 29.6. The highest BCUT2D eigenvalue weighted by atomic mass is 32.1. The van der Waals surface area contributed by atoms with Crippen LogP contribution in [0.1, 0.15) is 43.6 Å². The Balaban J connectivity index is 1.78. The van der Waals surface area contributed by atoms with Crippen molar-refractivity contribution in [3.8, 4) is 11.5 Å². The molecule has 0 aliphatic carbocycles. The quantitative estimate of drug-likeness (QED) is 0.451. The molecule has 6 nitrogen and oxygen atoms in total. The minimum atomic E-state index is -0.469. The number of hydrogen-bond donors (Lipinski definition) is 1. The first-order valence-electron chi connectivity index (χ1n) is 9.97. The molecule has 1 heterocycles. The lowest BCUT2D eigenvalue weighted by atomic mass is 10.1. The summed E-state index contributed by atoms with van der Waals surface area (Å²) in [5.74, 6) is -0.428. The number of carbonyl (C=O) groups is 2. The van der Waals surface area contributed by atoms with Crippen LogP contribution >= 0.6 is 11.3 Å². The summed E-state index contributed by atoms with van der Waals surface area (Å²) in [5.41, 5.74) is 2.15. The topological polar surface area (TPSA) is 73.9 Å². The van der Waals surface area contributed by atoms with Crippen LogP contribution in [0.2, 0.25) is 0 Å². The highest BCUT2D eigenvalue weighted by Crippen LogP contribution is 2.34. The highest BCUT2D eigenvalue weighted by molar-refractivity contribution is 7.16. The van der Waals surface area contributed by atoms with Crippen molar-refractivity contribution in [3.63, 3.8) is 0 Å². The number of thiophene rings is 1. The number of aryl methyl sites for hydroxylation is 1. The maximum absolute atomic E-state index is 13.4. The fourth-order valence-electron chi connectivity index (χ4n) is 3.06. The number of nitrogens with one attached hydrogen (secondary N) is 1. The van der Waals surface area contributed by atoms with Crippen LogP contribution in [0.3, 0.4) is 0 Å². The molecule has 0 aliphatic heterocycles. The van der Waals surface area contributed by atoms with E-state index in [2.05, 4.69) is 5.32 Å². The molecule has 3 aromatic rings. The van der Waals surface area contributed by atoms with Gasteiger partial charge in [0.05, 0.1) is 19.3 Å². The average Bonchev–Trinajstić information content (AvgIpc) is 3.05. The third-order valence-electron chi connectivity index (χ3n) is 4.80. The van der Waals surface area contributed by atoms with Crippen LogP contribution < -0.4 is 14.8 Å². The van der Waals surface area contributed by atoms with E-state index < -0.39 is 11.9 Å². The van der Waals surface area contributed by atoms with E-state index in [0.717, 1.165) is 10.4 Å². The van der Waals surface area contributed by atoms with Crippen molar-refractivity contribution < 1.29 is 28.2 Å². The van der Waals surface area contributed by atoms with Gasteiger partial charge in [0.25, 0.3) is 5.91 Å². The maximum Gasteiger partial charge on any atom is 0.341 e. The second-order valence-corrected chi connectivity index (χ2v) is 8.17. The van der Waals surface area contributed by atoms with E-state index in [-0.39, 0.29) is 19.0 Å².